The maximum Gasteiger partial charge on any atom is 0.322 e. The highest BCUT2D eigenvalue weighted by atomic mass is 16.3. The lowest BCUT2D eigenvalue weighted by Gasteiger charge is -2.47. The molecule has 1 aliphatic carbocycles. The van der Waals surface area contributed by atoms with Gasteiger partial charge < -0.3 is 10.4 Å². The van der Waals surface area contributed by atoms with Crippen LogP contribution >= 0.6 is 0 Å². The first kappa shape index (κ1) is 14.0. The number of hydrogen-bond donors (Lipinski definition) is 2. The third-order valence-corrected chi connectivity index (χ3v) is 5.18. The molecule has 120 valence electrons. The maximum atomic E-state index is 11.7. The topological polar surface area (TPSA) is 73.6 Å². The van der Waals surface area contributed by atoms with Crippen LogP contribution in [0.15, 0.2) is 12.4 Å². The minimum Gasteiger partial charge on any atom is -0.391 e. The first-order valence-corrected chi connectivity index (χ1v) is 8.24. The van der Waals surface area contributed by atoms with Crippen molar-refractivity contribution in [2.45, 2.75) is 43.9 Å². The lowest BCUT2D eigenvalue weighted by Crippen LogP contribution is -2.57. The zero-order valence-corrected chi connectivity index (χ0v) is 12.7. The van der Waals surface area contributed by atoms with E-state index in [1.54, 1.807) is 11.1 Å². The minimum absolute atomic E-state index is 0.0416. The Kier molecular flexibility index (Phi) is 3.54. The van der Waals surface area contributed by atoms with Gasteiger partial charge in [-0.25, -0.2) is 4.79 Å². The standard InChI is InChI=1S/C15H23N5O2/c21-14-4-2-1-3-13(14)18-8-12(9-18)20-10-11(7-17-20)19-6-5-16-15(19)22/h7,10,12-14,21H,1-6,8-9H2,(H,16,22). The van der Waals surface area contributed by atoms with Gasteiger partial charge in [0.25, 0.3) is 0 Å². The number of likely N-dealkylation sites (tertiary alicyclic amines) is 1. The number of amides is 2. The molecular weight excluding hydrogens is 282 g/mol. The average molecular weight is 305 g/mol. The van der Waals surface area contributed by atoms with Gasteiger partial charge in [-0.05, 0) is 12.8 Å². The van der Waals surface area contributed by atoms with Crippen molar-refractivity contribution in [3.63, 3.8) is 0 Å². The lowest BCUT2D eigenvalue weighted by molar-refractivity contribution is -0.0342. The van der Waals surface area contributed by atoms with E-state index in [-0.39, 0.29) is 12.1 Å². The summed E-state index contributed by atoms with van der Waals surface area (Å²) in [6.07, 6.45) is 7.96. The Balaban J connectivity index is 1.37. The summed E-state index contributed by atoms with van der Waals surface area (Å²) in [5.74, 6) is 0. The van der Waals surface area contributed by atoms with Crippen LogP contribution in [-0.2, 0) is 0 Å². The number of rotatable bonds is 3. The van der Waals surface area contributed by atoms with E-state index in [0.717, 1.165) is 38.0 Å². The smallest absolute Gasteiger partial charge is 0.322 e. The number of anilines is 1. The molecule has 2 atom stereocenters. The highest BCUT2D eigenvalue weighted by molar-refractivity contribution is 5.93. The summed E-state index contributed by atoms with van der Waals surface area (Å²) in [5.41, 5.74) is 0.867. The third-order valence-electron chi connectivity index (χ3n) is 5.18. The Morgan fingerprint density at radius 2 is 2.09 bits per heavy atom. The van der Waals surface area contributed by atoms with E-state index < -0.39 is 0 Å². The molecule has 2 amide bonds. The van der Waals surface area contributed by atoms with E-state index >= 15 is 0 Å². The van der Waals surface area contributed by atoms with Crippen LogP contribution in [0.3, 0.4) is 0 Å². The van der Waals surface area contributed by atoms with E-state index in [2.05, 4.69) is 15.3 Å². The lowest BCUT2D eigenvalue weighted by atomic mass is 9.89. The van der Waals surface area contributed by atoms with Gasteiger partial charge in [-0.2, -0.15) is 5.10 Å². The van der Waals surface area contributed by atoms with Crippen molar-refractivity contribution in [3.8, 4) is 0 Å². The van der Waals surface area contributed by atoms with E-state index in [0.29, 0.717) is 25.2 Å². The molecule has 3 fully saturated rings. The average Bonchev–Trinajstić information content (AvgIpc) is 3.08. The molecule has 7 heteroatoms. The summed E-state index contributed by atoms with van der Waals surface area (Å²) in [7, 11) is 0. The molecule has 0 aromatic carbocycles. The van der Waals surface area contributed by atoms with Gasteiger partial charge >= 0.3 is 6.03 Å². The molecule has 2 aliphatic heterocycles. The van der Waals surface area contributed by atoms with E-state index in [9.17, 15) is 9.90 Å². The van der Waals surface area contributed by atoms with Crippen LogP contribution in [0.5, 0.6) is 0 Å². The Hall–Kier alpha value is -1.60. The second-order valence-corrected chi connectivity index (χ2v) is 6.59. The molecular formula is C15H23N5O2. The molecule has 22 heavy (non-hydrogen) atoms. The van der Waals surface area contributed by atoms with Crippen LogP contribution < -0.4 is 10.2 Å². The molecule has 1 saturated carbocycles. The fourth-order valence-electron chi connectivity index (χ4n) is 3.83. The van der Waals surface area contributed by atoms with Crippen molar-refractivity contribution >= 4 is 11.7 Å². The molecule has 0 spiro atoms. The minimum atomic E-state index is -0.170. The third kappa shape index (κ3) is 2.38. The molecule has 3 aliphatic rings. The van der Waals surface area contributed by atoms with E-state index in [4.69, 9.17) is 0 Å². The molecule has 1 aromatic heterocycles. The largest absolute Gasteiger partial charge is 0.391 e. The molecule has 2 N–H and O–H groups in total. The first-order valence-electron chi connectivity index (χ1n) is 8.24. The quantitative estimate of drug-likeness (QED) is 0.856. The molecule has 3 heterocycles. The molecule has 0 bridgehead atoms. The number of aliphatic hydroxyl groups is 1. The Morgan fingerprint density at radius 1 is 1.27 bits per heavy atom. The molecule has 1 aromatic rings. The molecule has 2 saturated heterocycles. The summed E-state index contributed by atoms with van der Waals surface area (Å²) in [6.45, 7) is 3.28. The van der Waals surface area contributed by atoms with Crippen LogP contribution in [0.1, 0.15) is 31.7 Å². The van der Waals surface area contributed by atoms with Gasteiger partial charge in [-0.1, -0.05) is 12.8 Å². The fraction of sp³-hybridized carbons (Fsp3) is 0.733. The fourth-order valence-corrected chi connectivity index (χ4v) is 3.83. The number of carbonyl (C=O) groups excluding carboxylic acids is 1. The van der Waals surface area contributed by atoms with Crippen LogP contribution in [0.2, 0.25) is 0 Å². The number of aromatic nitrogens is 2. The summed E-state index contributed by atoms with van der Waals surface area (Å²) in [4.78, 5) is 15.8. The number of hydrogen-bond acceptors (Lipinski definition) is 4. The Morgan fingerprint density at radius 3 is 2.82 bits per heavy atom. The normalized spacial score (nSPS) is 30.4. The summed E-state index contributed by atoms with van der Waals surface area (Å²) in [6, 6.07) is 0.637. The number of nitrogens with zero attached hydrogens (tertiary/aromatic N) is 4. The van der Waals surface area contributed by atoms with Gasteiger partial charge in [0, 0.05) is 38.4 Å². The zero-order valence-electron chi connectivity index (χ0n) is 12.7. The number of carbonyl (C=O) groups is 1. The first-order chi connectivity index (χ1) is 10.7. The van der Waals surface area contributed by atoms with Crippen LogP contribution in [-0.4, -0.2) is 64.1 Å². The van der Waals surface area contributed by atoms with Gasteiger partial charge in [-0.15, -0.1) is 0 Å². The van der Waals surface area contributed by atoms with Crippen molar-refractivity contribution in [1.29, 1.82) is 0 Å². The second kappa shape index (κ2) is 5.55. The van der Waals surface area contributed by atoms with Gasteiger partial charge in [0.2, 0.25) is 0 Å². The van der Waals surface area contributed by atoms with Crippen LogP contribution in [0.25, 0.3) is 0 Å². The SMILES string of the molecule is O=C1NCCN1c1cnn(C2CN(C3CCCCC3O)C2)c1. The monoisotopic (exact) mass is 305 g/mol. The highest BCUT2D eigenvalue weighted by Gasteiger charge is 2.38. The highest BCUT2D eigenvalue weighted by Crippen LogP contribution is 2.31. The molecule has 7 nitrogen and oxygen atoms in total. The summed E-state index contributed by atoms with van der Waals surface area (Å²) < 4.78 is 1.96. The van der Waals surface area contributed by atoms with Crippen molar-refractivity contribution < 1.29 is 9.90 Å². The number of aliphatic hydroxyl groups excluding tert-OH is 1. The Bertz CT molecular complexity index is 554. The number of urea groups is 1. The van der Waals surface area contributed by atoms with Gasteiger partial charge in [-0.3, -0.25) is 14.5 Å². The molecule has 2 unspecified atom stereocenters. The summed E-state index contributed by atoms with van der Waals surface area (Å²) >= 11 is 0. The Labute approximate surface area is 129 Å². The van der Waals surface area contributed by atoms with Gasteiger partial charge in [0.05, 0.1) is 24.0 Å². The maximum absolute atomic E-state index is 11.7. The van der Waals surface area contributed by atoms with Gasteiger partial charge in [0.1, 0.15) is 0 Å². The predicted octanol–water partition coefficient (Wildman–Crippen LogP) is 0.573. The summed E-state index contributed by atoms with van der Waals surface area (Å²) in [5, 5.41) is 17.3. The van der Waals surface area contributed by atoms with Crippen LogP contribution in [0, 0.1) is 0 Å². The van der Waals surface area contributed by atoms with Crippen molar-refractivity contribution in [2.75, 3.05) is 31.1 Å². The van der Waals surface area contributed by atoms with Crippen molar-refractivity contribution in [1.82, 2.24) is 20.0 Å². The van der Waals surface area contributed by atoms with Gasteiger partial charge in [0.15, 0.2) is 0 Å². The van der Waals surface area contributed by atoms with Crippen molar-refractivity contribution in [3.05, 3.63) is 12.4 Å². The van der Waals surface area contributed by atoms with E-state index in [1.807, 2.05) is 10.9 Å². The molecule has 0 radical (unpaired) electrons. The number of nitrogens with one attached hydrogen (secondary N) is 1. The molecule has 4 rings (SSSR count). The van der Waals surface area contributed by atoms with E-state index in [1.165, 1.54) is 6.42 Å². The van der Waals surface area contributed by atoms with Crippen LogP contribution in [0.4, 0.5) is 10.5 Å². The van der Waals surface area contributed by atoms with Crippen molar-refractivity contribution in [2.24, 2.45) is 0 Å². The second-order valence-electron chi connectivity index (χ2n) is 6.59. The zero-order chi connectivity index (χ0) is 15.1. The predicted molar refractivity (Wildman–Crippen MR) is 81.8 cm³/mol.